The van der Waals surface area contributed by atoms with Gasteiger partial charge in [0.25, 0.3) is 0 Å². The monoisotopic (exact) mass is 226 g/mol. The van der Waals surface area contributed by atoms with Crippen molar-refractivity contribution in [2.45, 2.75) is 18.7 Å². The van der Waals surface area contributed by atoms with E-state index in [9.17, 15) is 13.8 Å². The van der Waals surface area contributed by atoms with E-state index in [2.05, 4.69) is 0 Å². The van der Waals surface area contributed by atoms with Crippen molar-refractivity contribution in [1.82, 2.24) is 0 Å². The summed E-state index contributed by atoms with van der Waals surface area (Å²) < 4.78 is 19.7. The highest BCUT2D eigenvalue weighted by Gasteiger charge is 2.10. The highest BCUT2D eigenvalue weighted by atomic mass is 32.2. The maximum atomic E-state index is 11.1. The molecule has 15 heavy (non-hydrogen) atoms. The van der Waals surface area contributed by atoms with Crippen molar-refractivity contribution < 1.29 is 18.4 Å². The van der Waals surface area contributed by atoms with Crippen molar-refractivity contribution in [3.8, 4) is 0 Å². The van der Waals surface area contributed by atoms with E-state index >= 15 is 0 Å². The molecule has 0 aliphatic rings. The Morgan fingerprint density at radius 3 is 1.73 bits per heavy atom. The van der Waals surface area contributed by atoms with Gasteiger partial charge in [-0.3, -0.25) is 9.59 Å². The van der Waals surface area contributed by atoms with Crippen molar-refractivity contribution in [2.24, 2.45) is 0 Å². The zero-order valence-corrected chi connectivity index (χ0v) is 9.13. The van der Waals surface area contributed by atoms with Crippen LogP contribution in [0.4, 0.5) is 0 Å². The topological polar surface area (TPSA) is 71.4 Å². The molecule has 0 spiro atoms. The van der Waals surface area contributed by atoms with Gasteiger partial charge in [0, 0.05) is 11.1 Å². The molecule has 0 saturated carbocycles. The molecule has 1 rings (SSSR count). The maximum Gasteiger partial charge on any atom is 0.186 e. The van der Waals surface area contributed by atoms with E-state index < -0.39 is 11.1 Å². The van der Waals surface area contributed by atoms with Crippen molar-refractivity contribution in [3.05, 3.63) is 29.3 Å². The minimum Gasteiger partial charge on any atom is -0.302 e. The lowest BCUT2D eigenvalue weighted by molar-refractivity contribution is 0.101. The first kappa shape index (κ1) is 11.7. The smallest absolute Gasteiger partial charge is 0.186 e. The predicted octanol–water partition coefficient (Wildman–Crippen LogP) is 1.67. The molecule has 1 N–H and O–H groups in total. The van der Waals surface area contributed by atoms with E-state index in [4.69, 9.17) is 4.55 Å². The fourth-order valence-electron chi connectivity index (χ4n) is 1.11. The average Bonchev–Trinajstić information content (AvgIpc) is 2.16. The molecule has 1 unspecified atom stereocenters. The van der Waals surface area contributed by atoms with Crippen molar-refractivity contribution in [1.29, 1.82) is 0 Å². The summed E-state index contributed by atoms with van der Waals surface area (Å²) in [5.41, 5.74) is 0.528. The molecular formula is C10H10O4S. The Morgan fingerprint density at radius 1 is 1.07 bits per heavy atom. The van der Waals surface area contributed by atoms with Crippen molar-refractivity contribution in [2.75, 3.05) is 0 Å². The average molecular weight is 226 g/mol. The first-order valence-corrected chi connectivity index (χ1v) is 5.30. The molecule has 0 heterocycles. The van der Waals surface area contributed by atoms with Crippen molar-refractivity contribution in [3.63, 3.8) is 0 Å². The van der Waals surface area contributed by atoms with Gasteiger partial charge in [-0.15, -0.1) is 0 Å². The molecular weight excluding hydrogens is 216 g/mol. The van der Waals surface area contributed by atoms with Gasteiger partial charge in [-0.1, -0.05) is 0 Å². The number of carbonyl (C=O) groups excluding carboxylic acids is 2. The fraction of sp³-hybridized carbons (Fsp3) is 0.200. The third-order valence-corrected chi connectivity index (χ3v) is 2.56. The SMILES string of the molecule is CC(=O)c1cc(C(C)=O)cc(S(=O)O)c1. The van der Waals surface area contributed by atoms with E-state index in [0.29, 0.717) is 0 Å². The number of benzene rings is 1. The molecule has 0 amide bonds. The molecule has 1 aromatic carbocycles. The summed E-state index contributed by atoms with van der Waals surface area (Å²) in [6.45, 7) is 2.67. The maximum absolute atomic E-state index is 11.1. The van der Waals surface area contributed by atoms with Crippen LogP contribution in [0.25, 0.3) is 0 Å². The van der Waals surface area contributed by atoms with Gasteiger partial charge in [-0.2, -0.15) is 0 Å². The van der Waals surface area contributed by atoms with Gasteiger partial charge in [0.05, 0.1) is 4.90 Å². The van der Waals surface area contributed by atoms with Gasteiger partial charge in [0.1, 0.15) is 0 Å². The molecule has 80 valence electrons. The van der Waals surface area contributed by atoms with Crippen molar-refractivity contribution >= 4 is 22.6 Å². The van der Waals surface area contributed by atoms with Crippen LogP contribution in [0.3, 0.4) is 0 Å². The minimum atomic E-state index is -2.19. The van der Waals surface area contributed by atoms with Gasteiger partial charge in [-0.05, 0) is 32.0 Å². The van der Waals surface area contributed by atoms with Gasteiger partial charge in [0.2, 0.25) is 0 Å². The number of Topliss-reactive ketones (excluding diaryl/α,β-unsaturated/α-hetero) is 2. The number of hydrogen-bond acceptors (Lipinski definition) is 3. The van der Waals surface area contributed by atoms with Crippen LogP contribution in [0.1, 0.15) is 34.6 Å². The zero-order valence-electron chi connectivity index (χ0n) is 8.31. The van der Waals surface area contributed by atoms with Crippen LogP contribution in [-0.4, -0.2) is 20.3 Å². The molecule has 0 aliphatic heterocycles. The summed E-state index contributed by atoms with van der Waals surface area (Å²) in [6.07, 6.45) is 0. The summed E-state index contributed by atoms with van der Waals surface area (Å²) in [7, 11) is 0. The lowest BCUT2D eigenvalue weighted by atomic mass is 10.1. The Balaban J connectivity index is 3.39. The second-order valence-corrected chi connectivity index (χ2v) is 4.08. The van der Waals surface area contributed by atoms with E-state index in [1.54, 1.807) is 0 Å². The number of carbonyl (C=O) groups is 2. The van der Waals surface area contributed by atoms with E-state index in [-0.39, 0.29) is 27.6 Å². The summed E-state index contributed by atoms with van der Waals surface area (Å²) in [4.78, 5) is 22.3. The van der Waals surface area contributed by atoms with Crippen LogP contribution in [0, 0.1) is 0 Å². The molecule has 0 radical (unpaired) electrons. The number of ketones is 2. The Labute approximate surface area is 89.6 Å². The molecule has 0 bridgehead atoms. The van der Waals surface area contributed by atoms with Gasteiger partial charge in [-0.25, -0.2) is 4.21 Å². The van der Waals surface area contributed by atoms with Crippen LogP contribution in [0.2, 0.25) is 0 Å². The molecule has 1 atom stereocenters. The first-order valence-electron chi connectivity index (χ1n) is 4.19. The molecule has 0 saturated heterocycles. The minimum absolute atomic E-state index is 0.0629. The van der Waals surface area contributed by atoms with Crippen LogP contribution in [-0.2, 0) is 11.1 Å². The predicted molar refractivity (Wildman–Crippen MR) is 55.5 cm³/mol. The summed E-state index contributed by atoms with van der Waals surface area (Å²) in [5.74, 6) is -0.491. The zero-order chi connectivity index (χ0) is 11.6. The third kappa shape index (κ3) is 2.81. The second kappa shape index (κ2) is 4.46. The summed E-state index contributed by atoms with van der Waals surface area (Å²) >= 11 is -2.19. The lowest BCUT2D eigenvalue weighted by Gasteiger charge is -2.02. The van der Waals surface area contributed by atoms with Crippen LogP contribution in [0.15, 0.2) is 23.1 Å². The highest BCUT2D eigenvalue weighted by molar-refractivity contribution is 7.79. The molecule has 1 aromatic rings. The highest BCUT2D eigenvalue weighted by Crippen LogP contribution is 2.14. The lowest BCUT2D eigenvalue weighted by Crippen LogP contribution is -2.01. The Morgan fingerprint density at radius 2 is 1.47 bits per heavy atom. The molecule has 0 aromatic heterocycles. The molecule has 0 aliphatic carbocycles. The van der Waals surface area contributed by atoms with Crippen LogP contribution in [0.5, 0.6) is 0 Å². The Hall–Kier alpha value is -1.33. The Bertz CT molecular complexity index is 372. The number of hydrogen-bond donors (Lipinski definition) is 1. The first-order chi connectivity index (χ1) is 6.91. The normalized spacial score (nSPS) is 12.2. The molecule has 5 heteroatoms. The standard InChI is InChI=1S/C10H10O4S/c1-6(11)8-3-9(7(2)12)5-10(4-8)15(13)14/h3-5H,1-2H3,(H,13,14). The third-order valence-electron chi connectivity index (χ3n) is 1.92. The largest absolute Gasteiger partial charge is 0.302 e. The second-order valence-electron chi connectivity index (χ2n) is 3.11. The summed E-state index contributed by atoms with van der Waals surface area (Å²) in [6, 6.07) is 4.04. The van der Waals surface area contributed by atoms with Gasteiger partial charge < -0.3 is 4.55 Å². The fourth-order valence-corrected chi connectivity index (χ4v) is 1.56. The van der Waals surface area contributed by atoms with E-state index in [0.717, 1.165) is 0 Å². The van der Waals surface area contributed by atoms with E-state index in [1.165, 1.54) is 32.0 Å². The Kier molecular flexibility index (Phi) is 3.49. The van der Waals surface area contributed by atoms with Gasteiger partial charge in [0.15, 0.2) is 22.6 Å². The summed E-state index contributed by atoms with van der Waals surface area (Å²) in [5, 5.41) is 0. The molecule has 4 nitrogen and oxygen atoms in total. The molecule has 0 fully saturated rings. The van der Waals surface area contributed by atoms with E-state index in [1.807, 2.05) is 0 Å². The number of rotatable bonds is 3. The van der Waals surface area contributed by atoms with Crippen LogP contribution < -0.4 is 0 Å². The quantitative estimate of drug-likeness (QED) is 0.628. The van der Waals surface area contributed by atoms with Crippen LogP contribution >= 0.6 is 0 Å². The van der Waals surface area contributed by atoms with Gasteiger partial charge >= 0.3 is 0 Å².